The predicted octanol–water partition coefficient (Wildman–Crippen LogP) is 5.01. The van der Waals surface area contributed by atoms with Crippen LogP contribution in [-0.2, 0) is 16.0 Å². The standard InChI is InChI=1S/C26H26ClFN6O2/c1-14-17(6-8-22(35)34-9-3-4-10-34)15(2)31-21(14)12-18-23-24(29-13-30-25(23)33-26(18)36)32-16-5-7-20(28)19(27)11-16/h5,7,11-13,31H,3-4,6,8-10H2,1-2H3,(H2,29,30,32,33,36). The maximum Gasteiger partial charge on any atom is 0.257 e. The summed E-state index contributed by atoms with van der Waals surface area (Å²) in [5.74, 6) is 0.135. The Labute approximate surface area is 213 Å². The van der Waals surface area contributed by atoms with Crippen LogP contribution in [0.1, 0.15) is 47.3 Å². The number of H-pyrrole nitrogens is 1. The molecular weight excluding hydrogens is 483 g/mol. The lowest BCUT2D eigenvalue weighted by atomic mass is 10.0. The lowest BCUT2D eigenvalue weighted by Crippen LogP contribution is -2.27. The van der Waals surface area contributed by atoms with Gasteiger partial charge in [0, 0.05) is 36.6 Å². The molecule has 186 valence electrons. The minimum Gasteiger partial charge on any atom is -0.359 e. The molecule has 2 aliphatic rings. The molecule has 2 aliphatic heterocycles. The maximum atomic E-state index is 13.6. The fourth-order valence-corrected chi connectivity index (χ4v) is 4.98. The van der Waals surface area contributed by atoms with E-state index in [2.05, 4.69) is 25.6 Å². The zero-order valence-corrected chi connectivity index (χ0v) is 20.8. The van der Waals surface area contributed by atoms with Gasteiger partial charge in [0.1, 0.15) is 23.8 Å². The third-order valence-corrected chi connectivity index (χ3v) is 7.03. The van der Waals surface area contributed by atoms with E-state index in [0.717, 1.165) is 48.4 Å². The van der Waals surface area contributed by atoms with Gasteiger partial charge < -0.3 is 20.5 Å². The Morgan fingerprint density at radius 3 is 2.78 bits per heavy atom. The first-order valence-corrected chi connectivity index (χ1v) is 12.3. The Morgan fingerprint density at radius 1 is 1.25 bits per heavy atom. The van der Waals surface area contributed by atoms with Crippen LogP contribution < -0.4 is 10.6 Å². The number of rotatable bonds is 6. The van der Waals surface area contributed by atoms with Gasteiger partial charge >= 0.3 is 0 Å². The minimum atomic E-state index is -0.525. The molecule has 0 aliphatic carbocycles. The summed E-state index contributed by atoms with van der Waals surface area (Å²) in [6, 6.07) is 4.25. The zero-order valence-electron chi connectivity index (χ0n) is 20.0. The van der Waals surface area contributed by atoms with Gasteiger partial charge in [0.25, 0.3) is 5.91 Å². The number of aromatic amines is 1. The van der Waals surface area contributed by atoms with Crippen molar-refractivity contribution in [1.82, 2.24) is 19.9 Å². The first-order chi connectivity index (χ1) is 17.3. The number of amides is 2. The number of carbonyl (C=O) groups excluding carboxylic acids is 2. The van der Waals surface area contributed by atoms with E-state index in [4.69, 9.17) is 11.6 Å². The molecule has 0 bridgehead atoms. The molecule has 0 spiro atoms. The predicted molar refractivity (Wildman–Crippen MR) is 138 cm³/mol. The van der Waals surface area contributed by atoms with E-state index in [1.54, 1.807) is 6.08 Å². The lowest BCUT2D eigenvalue weighted by Gasteiger charge is -2.15. The number of anilines is 3. The number of nitrogens with zero attached hydrogens (tertiary/aromatic N) is 3. The largest absolute Gasteiger partial charge is 0.359 e. The number of nitrogens with one attached hydrogen (secondary N) is 3. The average molecular weight is 509 g/mol. The van der Waals surface area contributed by atoms with E-state index in [9.17, 15) is 14.0 Å². The van der Waals surface area contributed by atoms with Gasteiger partial charge in [-0.25, -0.2) is 14.4 Å². The molecular formula is C26H26ClFN6O2. The fraction of sp³-hybridized carbons (Fsp3) is 0.308. The highest BCUT2D eigenvalue weighted by Gasteiger charge is 2.30. The van der Waals surface area contributed by atoms with Crippen molar-refractivity contribution in [2.45, 2.75) is 39.5 Å². The number of likely N-dealkylation sites (tertiary alicyclic amines) is 1. The molecule has 0 atom stereocenters. The van der Waals surface area contributed by atoms with Gasteiger partial charge in [-0.15, -0.1) is 0 Å². The van der Waals surface area contributed by atoms with E-state index in [-0.39, 0.29) is 16.8 Å². The SMILES string of the molecule is Cc1[nH]c(C=C2C(=O)Nc3ncnc(Nc4ccc(F)c(Cl)c4)c32)c(C)c1CCC(=O)N1CCCC1. The van der Waals surface area contributed by atoms with E-state index in [1.165, 1.54) is 24.5 Å². The van der Waals surface area contributed by atoms with Crippen molar-refractivity contribution >= 4 is 52.4 Å². The van der Waals surface area contributed by atoms with Crippen LogP contribution in [-0.4, -0.2) is 44.8 Å². The smallest absolute Gasteiger partial charge is 0.257 e. The summed E-state index contributed by atoms with van der Waals surface area (Å²) < 4.78 is 13.6. The fourth-order valence-electron chi connectivity index (χ4n) is 4.80. The van der Waals surface area contributed by atoms with Gasteiger partial charge in [-0.1, -0.05) is 11.6 Å². The lowest BCUT2D eigenvalue weighted by molar-refractivity contribution is -0.130. The van der Waals surface area contributed by atoms with E-state index in [0.29, 0.717) is 41.3 Å². The van der Waals surface area contributed by atoms with Crippen LogP contribution in [0, 0.1) is 19.7 Å². The molecule has 2 amide bonds. The average Bonchev–Trinajstić information content (AvgIpc) is 3.55. The number of fused-ring (bicyclic) bond motifs is 1. The molecule has 3 aromatic rings. The van der Waals surface area contributed by atoms with Gasteiger partial charge in [0.15, 0.2) is 0 Å². The first-order valence-electron chi connectivity index (χ1n) is 11.9. The third-order valence-electron chi connectivity index (χ3n) is 6.74. The molecule has 1 saturated heterocycles. The summed E-state index contributed by atoms with van der Waals surface area (Å²) >= 11 is 5.92. The van der Waals surface area contributed by atoms with Crippen molar-refractivity contribution in [3.63, 3.8) is 0 Å². The minimum absolute atomic E-state index is 0.0242. The molecule has 0 radical (unpaired) electrons. The summed E-state index contributed by atoms with van der Waals surface area (Å²) in [4.78, 5) is 39.2. The van der Waals surface area contributed by atoms with E-state index in [1.807, 2.05) is 18.7 Å². The van der Waals surface area contributed by atoms with Gasteiger partial charge in [-0.05, 0) is 68.5 Å². The topological polar surface area (TPSA) is 103 Å². The molecule has 0 saturated carbocycles. The molecule has 1 fully saturated rings. The second-order valence-electron chi connectivity index (χ2n) is 9.07. The van der Waals surface area contributed by atoms with Crippen LogP contribution in [0.3, 0.4) is 0 Å². The molecule has 1 aromatic carbocycles. The van der Waals surface area contributed by atoms with Gasteiger partial charge in [-0.3, -0.25) is 9.59 Å². The molecule has 10 heteroatoms. The summed E-state index contributed by atoms with van der Waals surface area (Å²) in [5, 5.41) is 5.87. The van der Waals surface area contributed by atoms with Crippen molar-refractivity contribution < 1.29 is 14.0 Å². The third kappa shape index (κ3) is 4.58. The van der Waals surface area contributed by atoms with Crippen LogP contribution in [0.4, 0.5) is 21.7 Å². The molecule has 3 N–H and O–H groups in total. The molecule has 0 unspecified atom stereocenters. The highest BCUT2D eigenvalue weighted by Crippen LogP contribution is 2.38. The Hall–Kier alpha value is -3.72. The summed E-state index contributed by atoms with van der Waals surface area (Å²) in [5.41, 5.74) is 5.26. The van der Waals surface area contributed by atoms with Crippen LogP contribution in [0.2, 0.25) is 5.02 Å². The first kappa shape index (κ1) is 24.0. The van der Waals surface area contributed by atoms with Crippen molar-refractivity contribution in [1.29, 1.82) is 0 Å². The quantitative estimate of drug-likeness (QED) is 0.406. The number of carbonyl (C=O) groups is 2. The normalized spacial score (nSPS) is 15.9. The summed E-state index contributed by atoms with van der Waals surface area (Å²) in [7, 11) is 0. The van der Waals surface area contributed by atoms with E-state index >= 15 is 0 Å². The number of halogens is 2. The molecule has 8 nitrogen and oxygen atoms in total. The number of benzene rings is 1. The summed E-state index contributed by atoms with van der Waals surface area (Å²) in [6.07, 6.45) is 6.36. The van der Waals surface area contributed by atoms with Crippen molar-refractivity contribution in [2.24, 2.45) is 0 Å². The Balaban J connectivity index is 1.43. The second-order valence-corrected chi connectivity index (χ2v) is 9.47. The van der Waals surface area contributed by atoms with Gasteiger partial charge in [0.2, 0.25) is 5.91 Å². The number of hydrogen-bond acceptors (Lipinski definition) is 5. The molecule has 2 aromatic heterocycles. The van der Waals surface area contributed by atoms with Crippen molar-refractivity contribution in [3.8, 4) is 0 Å². The van der Waals surface area contributed by atoms with Crippen molar-refractivity contribution in [3.05, 3.63) is 63.4 Å². The molecule has 5 rings (SSSR count). The summed E-state index contributed by atoms with van der Waals surface area (Å²) in [6.45, 7) is 5.65. The second kappa shape index (κ2) is 9.73. The van der Waals surface area contributed by atoms with Crippen LogP contribution >= 0.6 is 11.6 Å². The number of hydrogen-bond donors (Lipinski definition) is 3. The zero-order chi connectivity index (χ0) is 25.4. The van der Waals surface area contributed by atoms with Crippen molar-refractivity contribution in [2.75, 3.05) is 23.7 Å². The van der Waals surface area contributed by atoms with Crippen LogP contribution in [0.25, 0.3) is 11.6 Å². The Bertz CT molecular complexity index is 1390. The van der Waals surface area contributed by atoms with E-state index < -0.39 is 5.82 Å². The number of aromatic nitrogens is 3. The maximum absolute atomic E-state index is 13.6. The van der Waals surface area contributed by atoms with Crippen LogP contribution in [0.5, 0.6) is 0 Å². The number of aryl methyl sites for hydroxylation is 1. The highest BCUT2D eigenvalue weighted by atomic mass is 35.5. The highest BCUT2D eigenvalue weighted by molar-refractivity contribution is 6.35. The van der Waals surface area contributed by atoms with Gasteiger partial charge in [-0.2, -0.15) is 0 Å². The Kier molecular flexibility index (Phi) is 6.49. The molecule has 36 heavy (non-hydrogen) atoms. The van der Waals surface area contributed by atoms with Crippen LogP contribution in [0.15, 0.2) is 24.5 Å². The Morgan fingerprint density at radius 2 is 2.03 bits per heavy atom. The monoisotopic (exact) mass is 508 g/mol. The van der Waals surface area contributed by atoms with Gasteiger partial charge in [0.05, 0.1) is 16.2 Å². The molecule has 4 heterocycles.